The van der Waals surface area contributed by atoms with E-state index in [4.69, 9.17) is 10.2 Å². The van der Waals surface area contributed by atoms with Crippen LogP contribution in [0.15, 0.2) is 72.5 Å². The largest absolute Gasteiger partial charge is 0.468 e. The number of aromatic nitrogens is 2. The van der Waals surface area contributed by atoms with Gasteiger partial charge in [-0.3, -0.25) is 14.5 Å². The summed E-state index contributed by atoms with van der Waals surface area (Å²) < 4.78 is 7.01. The second-order valence-electron chi connectivity index (χ2n) is 10.2. The maximum atomic E-state index is 13.5. The molecule has 200 valence electrons. The summed E-state index contributed by atoms with van der Waals surface area (Å²) in [6.07, 6.45) is 2.42. The lowest BCUT2D eigenvalue weighted by atomic mass is 9.69. The van der Waals surface area contributed by atoms with Crippen molar-refractivity contribution in [2.75, 3.05) is 16.0 Å². The van der Waals surface area contributed by atoms with Crippen LogP contribution in [0.5, 0.6) is 0 Å². The van der Waals surface area contributed by atoms with Crippen molar-refractivity contribution in [1.82, 2.24) is 10.2 Å². The first-order valence-corrected chi connectivity index (χ1v) is 14.7. The summed E-state index contributed by atoms with van der Waals surface area (Å²) in [5.74, 6) is -0.0926. The number of hydrogen-bond acceptors (Lipinski definition) is 10. The molecule has 9 nitrogen and oxygen atoms in total. The number of rotatable bonds is 6. The van der Waals surface area contributed by atoms with Gasteiger partial charge in [-0.25, -0.2) is 0 Å². The van der Waals surface area contributed by atoms with Crippen LogP contribution in [0, 0.1) is 23.7 Å². The number of nitrogens with one attached hydrogen (secondary N) is 1. The molecule has 3 aromatic rings. The van der Waals surface area contributed by atoms with Crippen LogP contribution in [-0.4, -0.2) is 27.6 Å². The molecule has 0 radical (unpaired) electrons. The van der Waals surface area contributed by atoms with Gasteiger partial charge in [-0.2, -0.15) is 5.26 Å². The molecule has 1 aliphatic carbocycles. The van der Waals surface area contributed by atoms with Crippen molar-refractivity contribution in [3.63, 3.8) is 0 Å². The Morgan fingerprint density at radius 3 is 2.85 bits per heavy atom. The molecule has 12 heteroatoms. The van der Waals surface area contributed by atoms with Gasteiger partial charge in [-0.1, -0.05) is 43.0 Å². The molecule has 1 aliphatic heterocycles. The molecule has 3 heterocycles. The van der Waals surface area contributed by atoms with E-state index in [2.05, 4.69) is 37.5 Å². The van der Waals surface area contributed by atoms with Crippen LogP contribution >= 0.6 is 39.0 Å². The van der Waals surface area contributed by atoms with Crippen LogP contribution in [0.2, 0.25) is 0 Å². The molecule has 0 saturated carbocycles. The van der Waals surface area contributed by atoms with Gasteiger partial charge >= 0.3 is 0 Å². The molecule has 1 unspecified atom stereocenters. The van der Waals surface area contributed by atoms with Crippen LogP contribution in [0.4, 0.5) is 10.8 Å². The number of nitrogens with two attached hydrogens (primary N) is 1. The lowest BCUT2D eigenvalue weighted by Crippen LogP contribution is -2.42. The molecule has 0 saturated heterocycles. The average Bonchev–Trinajstić information content (AvgIpc) is 3.56. The summed E-state index contributed by atoms with van der Waals surface area (Å²) in [6.45, 7) is 6.03. The summed E-state index contributed by atoms with van der Waals surface area (Å²) in [4.78, 5) is 27.7. The van der Waals surface area contributed by atoms with E-state index in [-0.39, 0.29) is 34.3 Å². The number of halogens is 1. The molecule has 1 amide bonds. The van der Waals surface area contributed by atoms with E-state index in [1.54, 1.807) is 17.0 Å². The van der Waals surface area contributed by atoms with Crippen molar-refractivity contribution >= 4 is 61.5 Å². The van der Waals surface area contributed by atoms with Gasteiger partial charge in [-0.15, -0.1) is 10.2 Å². The van der Waals surface area contributed by atoms with Gasteiger partial charge in [0.15, 0.2) is 10.1 Å². The van der Waals surface area contributed by atoms with Crippen LogP contribution in [0.3, 0.4) is 0 Å². The summed E-state index contributed by atoms with van der Waals surface area (Å²) in [5, 5.41) is 22.0. The molecule has 2 aliphatic rings. The monoisotopic (exact) mass is 624 g/mol. The standard InChI is InChI=1S/C27H25BrN6O3S2/c1-14-6-7-17(16(28)9-14)31-21(36)13-38-26-33-32-25(39-26)34-18-10-27(2,3)11-19(35)23(18)22(15(12-29)24(34)30)20-5-4-8-37-20/h4-9,22H,10-11,13,30H2,1-3H3,(H,31,36). The minimum atomic E-state index is -0.675. The van der Waals surface area contributed by atoms with Crippen molar-refractivity contribution in [3.8, 4) is 6.07 Å². The van der Waals surface area contributed by atoms with Crippen molar-refractivity contribution < 1.29 is 14.0 Å². The van der Waals surface area contributed by atoms with E-state index >= 15 is 0 Å². The van der Waals surface area contributed by atoms with Crippen molar-refractivity contribution in [1.29, 1.82) is 5.26 Å². The Labute approximate surface area is 242 Å². The van der Waals surface area contributed by atoms with E-state index < -0.39 is 5.92 Å². The fourth-order valence-corrected chi connectivity index (χ4v) is 7.13. The van der Waals surface area contributed by atoms with Crippen molar-refractivity contribution in [2.45, 2.75) is 43.9 Å². The van der Waals surface area contributed by atoms with E-state index in [1.807, 2.05) is 39.0 Å². The molecule has 0 bridgehead atoms. The van der Waals surface area contributed by atoms with Gasteiger partial charge in [0.25, 0.3) is 0 Å². The van der Waals surface area contributed by atoms with E-state index in [0.717, 1.165) is 10.0 Å². The van der Waals surface area contributed by atoms with E-state index in [1.165, 1.54) is 29.4 Å². The molecular formula is C27H25BrN6O3S2. The number of nitriles is 1. The van der Waals surface area contributed by atoms with Gasteiger partial charge in [0.1, 0.15) is 11.6 Å². The zero-order chi connectivity index (χ0) is 27.9. The highest BCUT2D eigenvalue weighted by atomic mass is 79.9. The van der Waals surface area contributed by atoms with Crippen molar-refractivity contribution in [2.24, 2.45) is 11.1 Å². The number of amides is 1. The molecule has 1 aromatic carbocycles. The van der Waals surface area contributed by atoms with Crippen LogP contribution in [-0.2, 0) is 9.59 Å². The lowest BCUT2D eigenvalue weighted by Gasteiger charge is -2.42. The fraction of sp³-hybridized carbons (Fsp3) is 0.296. The number of benzene rings is 1. The molecular weight excluding hydrogens is 600 g/mol. The molecule has 0 spiro atoms. The summed E-state index contributed by atoms with van der Waals surface area (Å²) in [5.41, 5.74) is 9.49. The third-order valence-electron chi connectivity index (χ3n) is 6.52. The highest BCUT2D eigenvalue weighted by Gasteiger charge is 2.46. The highest BCUT2D eigenvalue weighted by Crippen LogP contribution is 2.50. The third kappa shape index (κ3) is 5.39. The summed E-state index contributed by atoms with van der Waals surface area (Å²) >= 11 is 5.97. The Morgan fingerprint density at radius 1 is 1.36 bits per heavy atom. The SMILES string of the molecule is Cc1ccc(NC(=O)CSc2nnc(N3C(N)=C(C#N)C(c4ccco4)C4=C3CC(C)(C)CC4=O)s2)c(Br)c1. The summed E-state index contributed by atoms with van der Waals surface area (Å²) in [6, 6.07) is 11.4. The average molecular weight is 626 g/mol. The molecule has 39 heavy (non-hydrogen) atoms. The molecule has 3 N–H and O–H groups in total. The minimum Gasteiger partial charge on any atom is -0.468 e. The first-order valence-electron chi connectivity index (χ1n) is 12.1. The van der Waals surface area contributed by atoms with Crippen LogP contribution in [0.25, 0.3) is 0 Å². The number of nitrogens with zero attached hydrogens (tertiary/aromatic N) is 4. The second kappa shape index (κ2) is 10.6. The maximum absolute atomic E-state index is 13.5. The predicted octanol–water partition coefficient (Wildman–Crippen LogP) is 5.87. The van der Waals surface area contributed by atoms with Gasteiger partial charge in [-0.05, 0) is 64.5 Å². The smallest absolute Gasteiger partial charge is 0.234 e. The minimum absolute atomic E-state index is 0.0500. The Morgan fingerprint density at radius 2 is 2.15 bits per heavy atom. The zero-order valence-electron chi connectivity index (χ0n) is 21.4. The van der Waals surface area contributed by atoms with Crippen LogP contribution < -0.4 is 16.0 Å². The maximum Gasteiger partial charge on any atom is 0.234 e. The number of aryl methyl sites for hydroxylation is 1. The number of Topliss-reactive ketones (excluding diaryl/α,β-unsaturated/α-hetero) is 1. The number of ketones is 1. The number of carbonyl (C=O) groups excluding carboxylic acids is 2. The first kappa shape index (κ1) is 27.2. The topological polar surface area (TPSA) is 138 Å². The van der Waals surface area contributed by atoms with Gasteiger partial charge in [0.05, 0.1) is 35.3 Å². The number of carbonyl (C=O) groups is 2. The third-order valence-corrected chi connectivity index (χ3v) is 9.22. The number of anilines is 2. The normalized spacial score (nSPS) is 18.7. The molecule has 0 fully saturated rings. The summed E-state index contributed by atoms with van der Waals surface area (Å²) in [7, 11) is 0. The number of thioether (sulfide) groups is 1. The van der Waals surface area contributed by atoms with Gasteiger partial charge in [0, 0.05) is 22.2 Å². The Balaban J connectivity index is 1.43. The van der Waals surface area contributed by atoms with E-state index in [0.29, 0.717) is 45.0 Å². The number of hydrogen-bond donors (Lipinski definition) is 2. The molecule has 5 rings (SSSR count). The number of allylic oxidation sites excluding steroid dienone is 3. The van der Waals surface area contributed by atoms with Gasteiger partial charge in [0.2, 0.25) is 11.0 Å². The Bertz CT molecular complexity index is 1570. The quantitative estimate of drug-likeness (QED) is 0.322. The molecule has 2 aromatic heterocycles. The lowest BCUT2D eigenvalue weighted by molar-refractivity contribution is -0.118. The molecule has 1 atom stereocenters. The predicted molar refractivity (Wildman–Crippen MR) is 154 cm³/mol. The van der Waals surface area contributed by atoms with E-state index in [9.17, 15) is 14.9 Å². The van der Waals surface area contributed by atoms with Gasteiger partial charge < -0.3 is 15.5 Å². The Hall–Kier alpha value is -3.40. The Kier molecular flexibility index (Phi) is 7.41. The van der Waals surface area contributed by atoms with Crippen LogP contribution in [0.1, 0.15) is 43.9 Å². The second-order valence-corrected chi connectivity index (χ2v) is 13.2. The fourth-order valence-electron chi connectivity index (χ4n) is 4.85. The highest BCUT2D eigenvalue weighted by molar-refractivity contribution is 9.10. The number of furan rings is 1. The first-order chi connectivity index (χ1) is 18.6. The van der Waals surface area contributed by atoms with Crippen molar-refractivity contribution in [3.05, 3.63) is 75.1 Å². The zero-order valence-corrected chi connectivity index (χ0v) is 24.7.